The van der Waals surface area contributed by atoms with E-state index in [-0.39, 0.29) is 12.0 Å². The number of nitrogens with zero attached hydrogens (tertiary/aromatic N) is 2. The summed E-state index contributed by atoms with van der Waals surface area (Å²) in [5.74, 6) is 0.849. The summed E-state index contributed by atoms with van der Waals surface area (Å²) >= 11 is 1.61. The van der Waals surface area contributed by atoms with Gasteiger partial charge in [-0.1, -0.05) is 6.07 Å². The largest absolute Gasteiger partial charge is 0.370 e. The summed E-state index contributed by atoms with van der Waals surface area (Å²) in [5, 5.41) is 9.69. The van der Waals surface area contributed by atoms with Crippen LogP contribution in [-0.2, 0) is 28.9 Å². The quantitative estimate of drug-likeness (QED) is 0.884. The highest BCUT2D eigenvalue weighted by molar-refractivity contribution is 7.10. The van der Waals surface area contributed by atoms with Gasteiger partial charge in [-0.05, 0) is 42.2 Å². The molecule has 1 aliphatic carbocycles. The van der Waals surface area contributed by atoms with Crippen molar-refractivity contribution in [1.82, 2.24) is 15.1 Å². The Kier molecular flexibility index (Phi) is 4.18. The van der Waals surface area contributed by atoms with E-state index in [9.17, 15) is 4.79 Å². The van der Waals surface area contributed by atoms with Crippen molar-refractivity contribution in [3.63, 3.8) is 0 Å². The maximum absolute atomic E-state index is 12.0. The molecule has 1 aliphatic heterocycles. The Hall–Kier alpha value is -1.66. The molecule has 1 unspecified atom stereocenters. The monoisotopic (exact) mass is 331 g/mol. The van der Waals surface area contributed by atoms with Crippen molar-refractivity contribution in [2.45, 2.75) is 38.3 Å². The SMILES string of the molecule is O=C(Cc1cccs1)NCC1OCCc2cn(CC3CC3)nc21. The van der Waals surface area contributed by atoms with Gasteiger partial charge in [-0.2, -0.15) is 5.10 Å². The summed E-state index contributed by atoms with van der Waals surface area (Å²) in [5.41, 5.74) is 2.28. The van der Waals surface area contributed by atoms with Crippen molar-refractivity contribution >= 4 is 17.2 Å². The smallest absolute Gasteiger partial charge is 0.225 e. The van der Waals surface area contributed by atoms with Gasteiger partial charge in [0.15, 0.2) is 0 Å². The van der Waals surface area contributed by atoms with E-state index < -0.39 is 0 Å². The zero-order valence-electron chi connectivity index (χ0n) is 13.0. The first-order valence-corrected chi connectivity index (χ1v) is 9.13. The second-order valence-corrected chi connectivity index (χ2v) is 7.41. The maximum Gasteiger partial charge on any atom is 0.225 e. The molecule has 1 saturated carbocycles. The second-order valence-electron chi connectivity index (χ2n) is 6.37. The van der Waals surface area contributed by atoms with Crippen LogP contribution in [0.15, 0.2) is 23.7 Å². The number of fused-ring (bicyclic) bond motifs is 1. The molecule has 4 rings (SSSR count). The van der Waals surface area contributed by atoms with Gasteiger partial charge < -0.3 is 10.1 Å². The van der Waals surface area contributed by atoms with Crippen LogP contribution < -0.4 is 5.32 Å². The van der Waals surface area contributed by atoms with Crippen molar-refractivity contribution in [2.75, 3.05) is 13.2 Å². The van der Waals surface area contributed by atoms with E-state index in [0.717, 1.165) is 29.5 Å². The van der Waals surface area contributed by atoms with Gasteiger partial charge in [0, 0.05) is 24.2 Å². The Morgan fingerprint density at radius 1 is 1.48 bits per heavy atom. The topological polar surface area (TPSA) is 56.1 Å². The zero-order chi connectivity index (χ0) is 15.6. The number of hydrogen-bond acceptors (Lipinski definition) is 4. The molecule has 2 aliphatic rings. The van der Waals surface area contributed by atoms with Crippen molar-refractivity contribution < 1.29 is 9.53 Å². The minimum atomic E-state index is -0.119. The summed E-state index contributed by atoms with van der Waals surface area (Å²) in [6.07, 6.45) is 6.04. The lowest BCUT2D eigenvalue weighted by atomic mass is 10.1. The average molecular weight is 331 g/mol. The van der Waals surface area contributed by atoms with Gasteiger partial charge >= 0.3 is 0 Å². The first-order chi connectivity index (χ1) is 11.3. The molecule has 1 amide bonds. The fourth-order valence-electron chi connectivity index (χ4n) is 2.99. The summed E-state index contributed by atoms with van der Waals surface area (Å²) in [6, 6.07) is 3.95. The number of carbonyl (C=O) groups is 1. The first-order valence-electron chi connectivity index (χ1n) is 8.25. The van der Waals surface area contributed by atoms with E-state index in [2.05, 4.69) is 16.2 Å². The number of carbonyl (C=O) groups excluding carboxylic acids is 1. The number of hydrogen-bond donors (Lipinski definition) is 1. The van der Waals surface area contributed by atoms with E-state index in [1.54, 1.807) is 11.3 Å². The molecule has 23 heavy (non-hydrogen) atoms. The fourth-order valence-corrected chi connectivity index (χ4v) is 3.69. The van der Waals surface area contributed by atoms with Crippen molar-refractivity contribution in [2.24, 2.45) is 5.92 Å². The van der Waals surface area contributed by atoms with Gasteiger partial charge in [-0.15, -0.1) is 11.3 Å². The van der Waals surface area contributed by atoms with Crippen LogP contribution in [0, 0.1) is 5.92 Å². The van der Waals surface area contributed by atoms with Crippen molar-refractivity contribution in [1.29, 1.82) is 0 Å². The molecule has 6 heteroatoms. The highest BCUT2D eigenvalue weighted by Crippen LogP contribution is 2.32. The van der Waals surface area contributed by atoms with Crippen LogP contribution in [0.2, 0.25) is 0 Å². The lowest BCUT2D eigenvalue weighted by molar-refractivity contribution is -0.121. The Morgan fingerprint density at radius 3 is 3.17 bits per heavy atom. The van der Waals surface area contributed by atoms with Crippen LogP contribution >= 0.6 is 11.3 Å². The molecule has 2 aromatic rings. The molecule has 0 bridgehead atoms. The minimum Gasteiger partial charge on any atom is -0.370 e. The summed E-state index contributed by atoms with van der Waals surface area (Å²) < 4.78 is 7.90. The van der Waals surface area contributed by atoms with Gasteiger partial charge in [0.05, 0.1) is 18.7 Å². The summed E-state index contributed by atoms with van der Waals surface area (Å²) in [7, 11) is 0. The highest BCUT2D eigenvalue weighted by Gasteiger charge is 2.27. The third-order valence-corrected chi connectivity index (χ3v) is 5.28. The minimum absolute atomic E-state index is 0.0422. The molecule has 1 N–H and O–H groups in total. The predicted molar refractivity (Wildman–Crippen MR) is 88.4 cm³/mol. The molecule has 0 spiro atoms. The van der Waals surface area contributed by atoms with E-state index in [0.29, 0.717) is 19.6 Å². The van der Waals surface area contributed by atoms with Gasteiger partial charge in [0.2, 0.25) is 5.91 Å². The standard InChI is InChI=1S/C17H21N3O2S/c21-16(8-14-2-1-7-23-14)18-9-15-17-13(5-6-22-15)11-20(19-17)10-12-3-4-12/h1-2,7,11-12,15H,3-6,8-10H2,(H,18,21). The molecular weight excluding hydrogens is 310 g/mol. The van der Waals surface area contributed by atoms with Crippen LogP contribution in [0.1, 0.15) is 35.1 Å². The van der Waals surface area contributed by atoms with Crippen LogP contribution in [0.25, 0.3) is 0 Å². The summed E-state index contributed by atoms with van der Waals surface area (Å²) in [4.78, 5) is 13.1. The molecule has 1 fully saturated rings. The van der Waals surface area contributed by atoms with Gasteiger partial charge in [0.1, 0.15) is 6.10 Å². The lowest BCUT2D eigenvalue weighted by Gasteiger charge is -2.22. The van der Waals surface area contributed by atoms with Crippen LogP contribution in [-0.4, -0.2) is 28.8 Å². The summed E-state index contributed by atoms with van der Waals surface area (Å²) in [6.45, 7) is 2.22. The second kappa shape index (κ2) is 6.45. The average Bonchev–Trinajstić information content (AvgIpc) is 3.04. The Labute approximate surface area is 139 Å². The predicted octanol–water partition coefficient (Wildman–Crippen LogP) is 2.33. The van der Waals surface area contributed by atoms with E-state index in [1.165, 1.54) is 18.4 Å². The van der Waals surface area contributed by atoms with Crippen molar-refractivity contribution in [3.05, 3.63) is 39.8 Å². The fraction of sp³-hybridized carbons (Fsp3) is 0.529. The molecule has 0 saturated heterocycles. The number of amides is 1. The van der Waals surface area contributed by atoms with Gasteiger partial charge in [-0.3, -0.25) is 9.48 Å². The molecule has 5 nitrogen and oxygen atoms in total. The number of thiophene rings is 1. The molecule has 0 radical (unpaired) electrons. The molecule has 0 aromatic carbocycles. The Bertz CT molecular complexity index is 676. The molecular formula is C17H21N3O2S. The highest BCUT2D eigenvalue weighted by atomic mass is 32.1. The lowest BCUT2D eigenvalue weighted by Crippen LogP contribution is -2.32. The molecule has 3 heterocycles. The molecule has 1 atom stereocenters. The van der Waals surface area contributed by atoms with E-state index >= 15 is 0 Å². The molecule has 122 valence electrons. The number of ether oxygens (including phenoxy) is 1. The van der Waals surface area contributed by atoms with E-state index in [1.807, 2.05) is 17.5 Å². The van der Waals surface area contributed by atoms with Crippen LogP contribution in [0.5, 0.6) is 0 Å². The molecule has 2 aromatic heterocycles. The third-order valence-electron chi connectivity index (χ3n) is 4.41. The van der Waals surface area contributed by atoms with Crippen molar-refractivity contribution in [3.8, 4) is 0 Å². The third kappa shape index (κ3) is 3.64. The zero-order valence-corrected chi connectivity index (χ0v) is 13.8. The normalized spacial score (nSPS) is 20.3. The number of rotatable bonds is 6. The first kappa shape index (κ1) is 14.9. The van der Waals surface area contributed by atoms with Crippen LogP contribution in [0.3, 0.4) is 0 Å². The Morgan fingerprint density at radius 2 is 2.39 bits per heavy atom. The van der Waals surface area contributed by atoms with Crippen LogP contribution in [0.4, 0.5) is 0 Å². The van der Waals surface area contributed by atoms with Gasteiger partial charge in [0.25, 0.3) is 0 Å². The Balaban J connectivity index is 1.36. The number of nitrogens with one attached hydrogen (secondary N) is 1. The van der Waals surface area contributed by atoms with Gasteiger partial charge in [-0.25, -0.2) is 0 Å². The number of aromatic nitrogens is 2. The maximum atomic E-state index is 12.0. The van der Waals surface area contributed by atoms with E-state index in [4.69, 9.17) is 9.84 Å².